The molecule has 20 heavy (non-hydrogen) atoms. The zero-order valence-corrected chi connectivity index (χ0v) is 12.4. The van der Waals surface area contributed by atoms with Crippen LogP contribution in [0.2, 0.25) is 0 Å². The number of methoxy groups -OCH3 is 1. The van der Waals surface area contributed by atoms with Crippen molar-refractivity contribution in [3.63, 3.8) is 0 Å². The molecule has 0 aliphatic heterocycles. The molecule has 0 bridgehead atoms. The van der Waals surface area contributed by atoms with Gasteiger partial charge in [-0.1, -0.05) is 12.1 Å². The van der Waals surface area contributed by atoms with Gasteiger partial charge >= 0.3 is 5.97 Å². The molecule has 4 nitrogen and oxygen atoms in total. The van der Waals surface area contributed by atoms with Crippen molar-refractivity contribution in [1.29, 1.82) is 0 Å². The van der Waals surface area contributed by atoms with Gasteiger partial charge in [0, 0.05) is 0 Å². The Kier molecular flexibility index (Phi) is 5.01. The summed E-state index contributed by atoms with van der Waals surface area (Å²) in [4.78, 5) is 12.1. The van der Waals surface area contributed by atoms with Crippen LogP contribution in [-0.4, -0.2) is 26.2 Å². The summed E-state index contributed by atoms with van der Waals surface area (Å²) in [5.74, 6) is 1.34. The van der Waals surface area contributed by atoms with Crippen molar-refractivity contribution in [3.8, 4) is 5.75 Å². The summed E-state index contributed by atoms with van der Waals surface area (Å²) in [6.45, 7) is 5.07. The van der Waals surface area contributed by atoms with Gasteiger partial charge in [0.25, 0.3) is 0 Å². The van der Waals surface area contributed by atoms with E-state index in [1.165, 1.54) is 12.8 Å². The number of carbonyl (C=O) groups is 1. The maximum Gasteiger partial charge on any atom is 0.327 e. The highest BCUT2D eigenvalue weighted by Crippen LogP contribution is 2.29. The average molecular weight is 277 g/mol. The molecule has 1 N–H and O–H groups in total. The summed E-state index contributed by atoms with van der Waals surface area (Å²) in [7, 11) is 1.65. The van der Waals surface area contributed by atoms with Crippen molar-refractivity contribution in [2.24, 2.45) is 5.92 Å². The third-order valence-electron chi connectivity index (χ3n) is 3.58. The van der Waals surface area contributed by atoms with E-state index < -0.39 is 0 Å². The molecular weight excluding hydrogens is 254 g/mol. The Labute approximate surface area is 120 Å². The number of benzene rings is 1. The van der Waals surface area contributed by atoms with Gasteiger partial charge in [-0.15, -0.1) is 0 Å². The van der Waals surface area contributed by atoms with Crippen molar-refractivity contribution in [2.45, 2.75) is 32.7 Å². The van der Waals surface area contributed by atoms with Gasteiger partial charge in [-0.05, 0) is 56.3 Å². The first-order chi connectivity index (χ1) is 9.65. The molecule has 0 amide bonds. The summed E-state index contributed by atoms with van der Waals surface area (Å²) in [6.07, 6.45) is 2.51. The van der Waals surface area contributed by atoms with E-state index in [1.54, 1.807) is 7.11 Å². The number of hydrogen-bond donors (Lipinski definition) is 1. The maximum atomic E-state index is 12.1. The summed E-state index contributed by atoms with van der Waals surface area (Å²) in [5, 5.41) is 3.33. The second-order valence-corrected chi connectivity index (χ2v) is 5.27. The van der Waals surface area contributed by atoms with Crippen LogP contribution >= 0.6 is 0 Å². The van der Waals surface area contributed by atoms with Crippen LogP contribution in [0.3, 0.4) is 0 Å². The van der Waals surface area contributed by atoms with Gasteiger partial charge in [-0.3, -0.25) is 0 Å². The van der Waals surface area contributed by atoms with Crippen LogP contribution in [-0.2, 0) is 9.53 Å². The zero-order chi connectivity index (χ0) is 14.5. The predicted molar refractivity (Wildman–Crippen MR) is 77.8 cm³/mol. The second kappa shape index (κ2) is 6.75. The molecule has 110 valence electrons. The molecule has 1 atom stereocenters. The fraction of sp³-hybridized carbons (Fsp3) is 0.562. The first kappa shape index (κ1) is 14.9. The monoisotopic (exact) mass is 277 g/mol. The van der Waals surface area contributed by atoms with E-state index >= 15 is 0 Å². The molecule has 1 aliphatic carbocycles. The second-order valence-electron chi connectivity index (χ2n) is 5.27. The highest BCUT2D eigenvalue weighted by atomic mass is 16.5. The Hall–Kier alpha value is -1.55. The van der Waals surface area contributed by atoms with Gasteiger partial charge < -0.3 is 14.8 Å². The molecule has 1 fully saturated rings. The molecular formula is C16H23NO3. The maximum absolute atomic E-state index is 12.1. The standard InChI is InChI=1S/C16H23NO3/c1-4-20-16(18)15(17-10-12-5-6-12)13-7-8-14(19-3)11(2)9-13/h7-9,12,15,17H,4-6,10H2,1-3H3. The quantitative estimate of drug-likeness (QED) is 0.778. The molecule has 1 saturated carbocycles. The molecule has 1 aliphatic rings. The molecule has 0 aromatic heterocycles. The van der Waals surface area contributed by atoms with E-state index in [4.69, 9.17) is 9.47 Å². The van der Waals surface area contributed by atoms with E-state index in [9.17, 15) is 4.79 Å². The predicted octanol–water partition coefficient (Wildman–Crippen LogP) is 2.61. The van der Waals surface area contributed by atoms with Crippen LogP contribution in [0.25, 0.3) is 0 Å². The number of ether oxygens (including phenoxy) is 2. The van der Waals surface area contributed by atoms with Crippen LogP contribution in [0.1, 0.15) is 36.9 Å². The van der Waals surface area contributed by atoms with E-state index in [0.717, 1.165) is 23.4 Å². The van der Waals surface area contributed by atoms with Crippen molar-refractivity contribution in [1.82, 2.24) is 5.32 Å². The number of aryl methyl sites for hydroxylation is 1. The van der Waals surface area contributed by atoms with Gasteiger partial charge in [0.15, 0.2) is 0 Å². The summed E-state index contributed by atoms with van der Waals surface area (Å²) < 4.78 is 10.4. The van der Waals surface area contributed by atoms with Gasteiger partial charge in [0.1, 0.15) is 11.8 Å². The number of hydrogen-bond acceptors (Lipinski definition) is 4. The topological polar surface area (TPSA) is 47.6 Å². The van der Waals surface area contributed by atoms with Crippen LogP contribution in [0.5, 0.6) is 5.75 Å². The van der Waals surface area contributed by atoms with Gasteiger partial charge in [0.2, 0.25) is 0 Å². The van der Waals surface area contributed by atoms with E-state index in [2.05, 4.69) is 5.32 Å². The Morgan fingerprint density at radius 2 is 2.20 bits per heavy atom. The smallest absolute Gasteiger partial charge is 0.327 e. The third kappa shape index (κ3) is 3.73. The molecule has 2 rings (SSSR count). The number of carbonyl (C=O) groups excluding carboxylic acids is 1. The van der Waals surface area contributed by atoms with Gasteiger partial charge in [0.05, 0.1) is 13.7 Å². The Bertz CT molecular complexity index is 469. The summed E-state index contributed by atoms with van der Waals surface area (Å²) in [6, 6.07) is 5.42. The molecule has 4 heteroatoms. The lowest BCUT2D eigenvalue weighted by atomic mass is 10.0. The zero-order valence-electron chi connectivity index (χ0n) is 12.4. The lowest BCUT2D eigenvalue weighted by Crippen LogP contribution is -2.31. The third-order valence-corrected chi connectivity index (χ3v) is 3.58. The first-order valence-corrected chi connectivity index (χ1v) is 7.20. The van der Waals surface area contributed by atoms with Crippen molar-refractivity contribution >= 4 is 5.97 Å². The highest BCUT2D eigenvalue weighted by molar-refractivity contribution is 5.77. The average Bonchev–Trinajstić information content (AvgIpc) is 3.23. The van der Waals surface area contributed by atoms with E-state index in [0.29, 0.717) is 12.5 Å². The molecule has 1 unspecified atom stereocenters. The van der Waals surface area contributed by atoms with Crippen LogP contribution in [0.4, 0.5) is 0 Å². The highest BCUT2D eigenvalue weighted by Gasteiger charge is 2.27. The molecule has 1 aromatic rings. The summed E-state index contributed by atoms with van der Waals surface area (Å²) >= 11 is 0. The Morgan fingerprint density at radius 3 is 2.75 bits per heavy atom. The van der Waals surface area contributed by atoms with Crippen molar-refractivity contribution in [2.75, 3.05) is 20.3 Å². The minimum absolute atomic E-state index is 0.210. The fourth-order valence-corrected chi connectivity index (χ4v) is 2.25. The van der Waals surface area contributed by atoms with Gasteiger partial charge in [-0.25, -0.2) is 4.79 Å². The fourth-order valence-electron chi connectivity index (χ4n) is 2.25. The van der Waals surface area contributed by atoms with Crippen LogP contribution in [0, 0.1) is 12.8 Å². The van der Waals surface area contributed by atoms with Crippen molar-refractivity contribution < 1.29 is 14.3 Å². The van der Waals surface area contributed by atoms with Gasteiger partial charge in [-0.2, -0.15) is 0 Å². The normalized spacial score (nSPS) is 15.8. The lowest BCUT2D eigenvalue weighted by Gasteiger charge is -2.18. The first-order valence-electron chi connectivity index (χ1n) is 7.20. The van der Waals surface area contributed by atoms with E-state index in [1.807, 2.05) is 32.0 Å². The minimum Gasteiger partial charge on any atom is -0.496 e. The largest absolute Gasteiger partial charge is 0.496 e. The molecule has 1 aromatic carbocycles. The number of rotatable bonds is 7. The SMILES string of the molecule is CCOC(=O)C(NCC1CC1)c1ccc(OC)c(C)c1. The number of nitrogens with one attached hydrogen (secondary N) is 1. The van der Waals surface area contributed by atoms with Crippen molar-refractivity contribution in [3.05, 3.63) is 29.3 Å². The minimum atomic E-state index is -0.389. The Balaban J connectivity index is 2.14. The molecule has 0 saturated heterocycles. The molecule has 0 radical (unpaired) electrons. The van der Waals surface area contributed by atoms with Crippen LogP contribution < -0.4 is 10.1 Å². The molecule has 0 heterocycles. The van der Waals surface area contributed by atoms with E-state index in [-0.39, 0.29) is 12.0 Å². The van der Waals surface area contributed by atoms with Crippen LogP contribution in [0.15, 0.2) is 18.2 Å². The lowest BCUT2D eigenvalue weighted by molar-refractivity contribution is -0.145. The Morgan fingerprint density at radius 1 is 1.45 bits per heavy atom. The molecule has 0 spiro atoms. The summed E-state index contributed by atoms with van der Waals surface area (Å²) in [5.41, 5.74) is 1.95. The number of esters is 1.